The van der Waals surface area contributed by atoms with Crippen molar-refractivity contribution < 1.29 is 14.6 Å². The van der Waals surface area contributed by atoms with Crippen LogP contribution >= 0.6 is 0 Å². The van der Waals surface area contributed by atoms with Crippen LogP contribution in [0, 0.1) is 11.3 Å². The Kier molecular flexibility index (Phi) is 4.85. The highest BCUT2D eigenvalue weighted by Gasteiger charge is 2.36. The van der Waals surface area contributed by atoms with Gasteiger partial charge in [0.25, 0.3) is 0 Å². The number of carbonyl (C=O) groups is 1. The summed E-state index contributed by atoms with van der Waals surface area (Å²) in [7, 11) is 0. The Morgan fingerprint density at radius 2 is 2.00 bits per heavy atom. The predicted molar refractivity (Wildman–Crippen MR) is 73.8 cm³/mol. The second-order valence-electron chi connectivity index (χ2n) is 6.69. The van der Waals surface area contributed by atoms with Crippen molar-refractivity contribution in [3.05, 3.63) is 0 Å². The second kappa shape index (κ2) is 6.23. The number of ether oxygens (including phenoxy) is 1. The molecule has 2 heterocycles. The molecular formula is C15H27NO3. The van der Waals surface area contributed by atoms with E-state index in [1.807, 2.05) is 18.7 Å². The van der Waals surface area contributed by atoms with Gasteiger partial charge in [0.1, 0.15) is 0 Å². The maximum atomic E-state index is 12.6. The highest BCUT2D eigenvalue weighted by Crippen LogP contribution is 2.33. The lowest BCUT2D eigenvalue weighted by molar-refractivity contribution is -0.144. The maximum absolute atomic E-state index is 12.6. The van der Waals surface area contributed by atoms with Crippen molar-refractivity contribution in [2.75, 3.05) is 26.3 Å². The lowest BCUT2D eigenvalue weighted by Crippen LogP contribution is -2.48. The lowest BCUT2D eigenvalue weighted by atomic mass is 9.78. The molecule has 0 saturated carbocycles. The van der Waals surface area contributed by atoms with Gasteiger partial charge in [-0.3, -0.25) is 4.79 Å². The molecule has 0 aliphatic carbocycles. The molecular weight excluding hydrogens is 242 g/mol. The summed E-state index contributed by atoms with van der Waals surface area (Å²) in [6, 6.07) is 0. The first-order valence-corrected chi connectivity index (χ1v) is 7.54. The third-order valence-corrected chi connectivity index (χ3v) is 4.40. The van der Waals surface area contributed by atoms with E-state index in [0.717, 1.165) is 51.9 Å². The minimum absolute atomic E-state index is 0.206. The van der Waals surface area contributed by atoms with E-state index in [-0.39, 0.29) is 17.4 Å². The summed E-state index contributed by atoms with van der Waals surface area (Å²) < 4.78 is 5.38. The minimum atomic E-state index is -0.336. The number of β-amino-alcohol motifs (C(OH)–C–C–N with tert-alkyl or cyclic N) is 1. The molecule has 2 rings (SSSR count). The molecule has 2 saturated heterocycles. The minimum Gasteiger partial charge on any atom is -0.391 e. The van der Waals surface area contributed by atoms with E-state index >= 15 is 0 Å². The van der Waals surface area contributed by atoms with Crippen LogP contribution in [-0.2, 0) is 9.53 Å². The van der Waals surface area contributed by atoms with Crippen LogP contribution in [0.2, 0.25) is 0 Å². The fourth-order valence-electron chi connectivity index (χ4n) is 3.33. The summed E-state index contributed by atoms with van der Waals surface area (Å²) in [6.07, 6.45) is 4.47. The summed E-state index contributed by atoms with van der Waals surface area (Å²) in [5.74, 6) is 0.806. The maximum Gasteiger partial charge on any atom is 0.228 e. The van der Waals surface area contributed by atoms with Gasteiger partial charge in [-0.15, -0.1) is 0 Å². The molecule has 110 valence electrons. The summed E-state index contributed by atoms with van der Waals surface area (Å²) in [4.78, 5) is 14.5. The Balaban J connectivity index is 1.91. The molecule has 2 aliphatic heterocycles. The van der Waals surface area contributed by atoms with Crippen LogP contribution in [0.4, 0.5) is 0 Å². The van der Waals surface area contributed by atoms with Gasteiger partial charge >= 0.3 is 0 Å². The van der Waals surface area contributed by atoms with Gasteiger partial charge in [-0.25, -0.2) is 0 Å². The number of hydrogen-bond acceptors (Lipinski definition) is 3. The van der Waals surface area contributed by atoms with E-state index in [2.05, 4.69) is 0 Å². The molecule has 1 unspecified atom stereocenters. The average Bonchev–Trinajstić information content (AvgIpc) is 2.38. The van der Waals surface area contributed by atoms with Gasteiger partial charge in [0.15, 0.2) is 0 Å². The zero-order chi connectivity index (χ0) is 13.9. The number of aliphatic hydroxyl groups is 1. The summed E-state index contributed by atoms with van der Waals surface area (Å²) in [5.41, 5.74) is -0.320. The summed E-state index contributed by atoms with van der Waals surface area (Å²) in [6.45, 7) is 7.06. The van der Waals surface area contributed by atoms with Crippen LogP contribution in [0.1, 0.15) is 46.0 Å². The molecule has 19 heavy (non-hydrogen) atoms. The van der Waals surface area contributed by atoms with Crippen LogP contribution in [0.3, 0.4) is 0 Å². The molecule has 0 radical (unpaired) electrons. The van der Waals surface area contributed by atoms with Gasteiger partial charge in [0.2, 0.25) is 5.91 Å². The molecule has 0 aromatic heterocycles. The summed E-state index contributed by atoms with van der Waals surface area (Å²) in [5, 5.41) is 9.71. The fourth-order valence-corrected chi connectivity index (χ4v) is 3.33. The molecule has 1 N–H and O–H groups in total. The van der Waals surface area contributed by atoms with Gasteiger partial charge in [-0.05, 0) is 38.0 Å². The van der Waals surface area contributed by atoms with Crippen molar-refractivity contribution in [3.63, 3.8) is 0 Å². The van der Waals surface area contributed by atoms with Crippen molar-refractivity contribution in [2.45, 2.75) is 52.1 Å². The average molecular weight is 269 g/mol. The molecule has 4 nitrogen and oxygen atoms in total. The Bertz CT molecular complexity index is 311. The third kappa shape index (κ3) is 3.93. The van der Waals surface area contributed by atoms with Gasteiger partial charge in [0.05, 0.1) is 6.10 Å². The predicted octanol–water partition coefficient (Wildman–Crippen LogP) is 1.81. The van der Waals surface area contributed by atoms with Gasteiger partial charge in [-0.2, -0.15) is 0 Å². The number of aliphatic hydroxyl groups excluding tert-OH is 1. The molecule has 4 heteroatoms. The molecule has 0 aromatic carbocycles. The molecule has 0 spiro atoms. The van der Waals surface area contributed by atoms with E-state index in [0.29, 0.717) is 12.5 Å². The highest BCUT2D eigenvalue weighted by atomic mass is 16.5. The van der Waals surface area contributed by atoms with Crippen LogP contribution < -0.4 is 0 Å². The monoisotopic (exact) mass is 269 g/mol. The number of piperidine rings is 1. The van der Waals surface area contributed by atoms with Crippen LogP contribution in [0.25, 0.3) is 0 Å². The van der Waals surface area contributed by atoms with Crippen LogP contribution in [-0.4, -0.2) is 48.3 Å². The van der Waals surface area contributed by atoms with Gasteiger partial charge < -0.3 is 14.7 Å². The number of nitrogens with zero attached hydrogens (tertiary/aromatic N) is 1. The van der Waals surface area contributed by atoms with Gasteiger partial charge in [0, 0.05) is 31.7 Å². The van der Waals surface area contributed by atoms with Crippen molar-refractivity contribution in [1.82, 2.24) is 4.90 Å². The van der Waals surface area contributed by atoms with Gasteiger partial charge in [-0.1, -0.05) is 13.8 Å². The number of carbonyl (C=O) groups excluding carboxylic acids is 1. The van der Waals surface area contributed by atoms with Crippen molar-refractivity contribution in [1.29, 1.82) is 0 Å². The molecule has 0 bridgehead atoms. The SMILES string of the molecule is CC(C)(CC1CCOCC1)C(=O)N1CCCC(O)C1. The van der Waals surface area contributed by atoms with E-state index in [1.54, 1.807) is 0 Å². The van der Waals surface area contributed by atoms with E-state index in [4.69, 9.17) is 4.74 Å². The third-order valence-electron chi connectivity index (χ3n) is 4.40. The standard InChI is InChI=1S/C15H27NO3/c1-15(2,10-12-5-8-19-9-6-12)14(18)16-7-3-4-13(17)11-16/h12-13,17H,3-11H2,1-2H3. The fraction of sp³-hybridized carbons (Fsp3) is 0.933. The largest absolute Gasteiger partial charge is 0.391 e. The molecule has 0 aromatic rings. The lowest BCUT2D eigenvalue weighted by Gasteiger charge is -2.38. The zero-order valence-corrected chi connectivity index (χ0v) is 12.2. The number of likely N-dealkylation sites (tertiary alicyclic amines) is 1. The molecule has 2 fully saturated rings. The molecule has 2 aliphatic rings. The second-order valence-corrected chi connectivity index (χ2v) is 6.69. The van der Waals surface area contributed by atoms with Crippen LogP contribution in [0.5, 0.6) is 0 Å². The molecule has 1 amide bonds. The smallest absolute Gasteiger partial charge is 0.228 e. The number of rotatable bonds is 3. The first kappa shape index (κ1) is 14.8. The van der Waals surface area contributed by atoms with E-state index < -0.39 is 0 Å². The van der Waals surface area contributed by atoms with Crippen LogP contribution in [0.15, 0.2) is 0 Å². The van der Waals surface area contributed by atoms with Crippen molar-refractivity contribution in [3.8, 4) is 0 Å². The Morgan fingerprint density at radius 1 is 1.32 bits per heavy atom. The first-order valence-electron chi connectivity index (χ1n) is 7.54. The normalized spacial score (nSPS) is 26.5. The van der Waals surface area contributed by atoms with Crippen molar-refractivity contribution >= 4 is 5.91 Å². The first-order chi connectivity index (χ1) is 8.99. The van der Waals surface area contributed by atoms with Crippen molar-refractivity contribution in [2.24, 2.45) is 11.3 Å². The number of amides is 1. The Labute approximate surface area is 116 Å². The highest BCUT2D eigenvalue weighted by molar-refractivity contribution is 5.82. The Morgan fingerprint density at radius 3 is 2.63 bits per heavy atom. The topological polar surface area (TPSA) is 49.8 Å². The van der Waals surface area contributed by atoms with E-state index in [1.165, 1.54) is 0 Å². The summed E-state index contributed by atoms with van der Waals surface area (Å²) >= 11 is 0. The number of hydrogen-bond donors (Lipinski definition) is 1. The Hall–Kier alpha value is -0.610. The molecule has 1 atom stereocenters. The quantitative estimate of drug-likeness (QED) is 0.850. The van der Waals surface area contributed by atoms with E-state index in [9.17, 15) is 9.90 Å². The zero-order valence-electron chi connectivity index (χ0n) is 12.2.